The van der Waals surface area contributed by atoms with E-state index in [-0.39, 0.29) is 16.7 Å². The molecule has 1 unspecified atom stereocenters. The van der Waals surface area contributed by atoms with Gasteiger partial charge in [0.2, 0.25) is 0 Å². The van der Waals surface area contributed by atoms with Crippen LogP contribution in [0.15, 0.2) is 43.2 Å². The van der Waals surface area contributed by atoms with Crippen LogP contribution in [-0.4, -0.2) is 5.11 Å². The SMILES string of the molecule is C=C1c2oc(=O)c3cccc4oc(=O)c(c2c43)=C(O)C1C. The minimum Gasteiger partial charge on any atom is -0.511 e. The van der Waals surface area contributed by atoms with Gasteiger partial charge in [-0.05, 0) is 17.7 Å². The summed E-state index contributed by atoms with van der Waals surface area (Å²) < 4.78 is 10.6. The largest absolute Gasteiger partial charge is 0.511 e. The molecule has 1 atom stereocenters. The highest BCUT2D eigenvalue weighted by Crippen LogP contribution is 2.35. The molecule has 0 saturated carbocycles. The van der Waals surface area contributed by atoms with Gasteiger partial charge in [0, 0.05) is 16.7 Å². The normalized spacial score (nSPS) is 17.9. The lowest BCUT2D eigenvalue weighted by Gasteiger charge is -2.20. The fourth-order valence-electron chi connectivity index (χ4n) is 2.88. The molecule has 0 aliphatic heterocycles. The van der Waals surface area contributed by atoms with Crippen LogP contribution in [0, 0.1) is 5.92 Å². The Morgan fingerprint density at radius 2 is 1.90 bits per heavy atom. The summed E-state index contributed by atoms with van der Waals surface area (Å²) in [6.45, 7) is 5.56. The quantitative estimate of drug-likeness (QED) is 0.637. The van der Waals surface area contributed by atoms with E-state index in [0.717, 1.165) is 0 Å². The van der Waals surface area contributed by atoms with Crippen molar-refractivity contribution in [3.63, 3.8) is 0 Å². The van der Waals surface area contributed by atoms with E-state index < -0.39 is 17.2 Å². The van der Waals surface area contributed by atoms with Crippen molar-refractivity contribution < 1.29 is 13.9 Å². The van der Waals surface area contributed by atoms with Crippen LogP contribution in [-0.2, 0) is 0 Å². The van der Waals surface area contributed by atoms with Gasteiger partial charge in [0.15, 0.2) is 0 Å². The Labute approximate surface area is 117 Å². The Hall–Kier alpha value is -2.82. The zero-order valence-electron chi connectivity index (χ0n) is 11.1. The molecule has 0 saturated heterocycles. The van der Waals surface area contributed by atoms with E-state index >= 15 is 0 Å². The van der Waals surface area contributed by atoms with Crippen LogP contribution in [0.2, 0.25) is 0 Å². The smallest absolute Gasteiger partial charge is 0.347 e. The van der Waals surface area contributed by atoms with Gasteiger partial charge in [-0.1, -0.05) is 19.6 Å². The lowest BCUT2D eigenvalue weighted by Crippen LogP contribution is -2.33. The minimum absolute atomic E-state index is 0.0531. The predicted molar refractivity (Wildman–Crippen MR) is 78.0 cm³/mol. The predicted octanol–water partition coefficient (Wildman–Crippen LogP) is 1.95. The Kier molecular flexibility index (Phi) is 2.07. The van der Waals surface area contributed by atoms with E-state index in [2.05, 4.69) is 6.58 Å². The molecule has 0 fully saturated rings. The molecular formula is C16H10O5. The van der Waals surface area contributed by atoms with Crippen molar-refractivity contribution in [2.24, 2.45) is 5.92 Å². The molecular weight excluding hydrogens is 272 g/mol. The molecule has 4 rings (SSSR count). The maximum absolute atomic E-state index is 12.2. The zero-order valence-corrected chi connectivity index (χ0v) is 11.1. The fraction of sp³-hybridized carbons (Fsp3) is 0.125. The second-order valence-electron chi connectivity index (χ2n) is 5.17. The van der Waals surface area contributed by atoms with Crippen molar-refractivity contribution in [3.8, 4) is 0 Å². The summed E-state index contributed by atoms with van der Waals surface area (Å²) in [5, 5.41) is 11.5. The molecule has 104 valence electrons. The molecule has 1 N–H and O–H groups in total. The molecule has 0 spiro atoms. The molecule has 1 aliphatic rings. The first-order valence-electron chi connectivity index (χ1n) is 6.45. The molecule has 5 heteroatoms. The number of hydrogen-bond acceptors (Lipinski definition) is 5. The van der Waals surface area contributed by atoms with Gasteiger partial charge in [0.05, 0.1) is 5.39 Å². The van der Waals surface area contributed by atoms with Gasteiger partial charge < -0.3 is 13.9 Å². The van der Waals surface area contributed by atoms with Gasteiger partial charge in [0.1, 0.15) is 22.3 Å². The standard InChI is InChI=1S/C16H10O5/c1-6-7(2)14-11-10-8(15(18)21-14)4-3-5-9(10)20-16(19)12(11)13(6)17/h3-6,17H,2H2,1H3. The van der Waals surface area contributed by atoms with Crippen molar-refractivity contribution in [2.45, 2.75) is 6.92 Å². The summed E-state index contributed by atoms with van der Waals surface area (Å²) in [6, 6.07) is 4.82. The summed E-state index contributed by atoms with van der Waals surface area (Å²) in [5.74, 6) is -0.370. The molecule has 2 heterocycles. The molecule has 1 aliphatic carbocycles. The maximum Gasteiger partial charge on any atom is 0.347 e. The van der Waals surface area contributed by atoms with Gasteiger partial charge in [-0.2, -0.15) is 0 Å². The monoisotopic (exact) mass is 282 g/mol. The highest BCUT2D eigenvalue weighted by atomic mass is 16.4. The molecule has 5 nitrogen and oxygen atoms in total. The fourth-order valence-corrected chi connectivity index (χ4v) is 2.88. The first-order valence-corrected chi connectivity index (χ1v) is 6.45. The number of aliphatic hydroxyl groups is 1. The highest BCUT2D eigenvalue weighted by Gasteiger charge is 2.29. The number of hydrogen-bond donors (Lipinski definition) is 1. The van der Waals surface area contributed by atoms with Gasteiger partial charge in [0.25, 0.3) is 0 Å². The second kappa shape index (κ2) is 3.63. The van der Waals surface area contributed by atoms with Crippen LogP contribution in [0.5, 0.6) is 0 Å². The first-order chi connectivity index (χ1) is 10.0. The Morgan fingerprint density at radius 3 is 2.67 bits per heavy atom. The van der Waals surface area contributed by atoms with Crippen LogP contribution in [0.4, 0.5) is 0 Å². The summed E-state index contributed by atoms with van der Waals surface area (Å²) >= 11 is 0. The minimum atomic E-state index is -0.651. The van der Waals surface area contributed by atoms with Crippen LogP contribution in [0.3, 0.4) is 0 Å². The molecule has 0 bridgehead atoms. The summed E-state index contributed by atoms with van der Waals surface area (Å²) in [4.78, 5) is 24.3. The summed E-state index contributed by atoms with van der Waals surface area (Å²) in [6.07, 6.45) is 0. The van der Waals surface area contributed by atoms with E-state index in [1.807, 2.05) is 0 Å². The average Bonchev–Trinajstić information content (AvgIpc) is 2.46. The summed E-state index contributed by atoms with van der Waals surface area (Å²) in [7, 11) is 0. The lowest BCUT2D eigenvalue weighted by atomic mass is 9.88. The van der Waals surface area contributed by atoms with Crippen molar-refractivity contribution in [1.82, 2.24) is 0 Å². The molecule has 0 radical (unpaired) electrons. The van der Waals surface area contributed by atoms with E-state index in [1.54, 1.807) is 25.1 Å². The van der Waals surface area contributed by atoms with Crippen LogP contribution in [0.25, 0.3) is 33.1 Å². The van der Waals surface area contributed by atoms with E-state index in [1.165, 1.54) is 0 Å². The van der Waals surface area contributed by atoms with E-state index in [9.17, 15) is 14.7 Å². The zero-order chi connectivity index (χ0) is 14.9. The second-order valence-corrected chi connectivity index (χ2v) is 5.17. The highest BCUT2D eigenvalue weighted by molar-refractivity contribution is 6.11. The molecule has 2 aromatic heterocycles. The van der Waals surface area contributed by atoms with Crippen molar-refractivity contribution >= 4 is 33.1 Å². The Balaban J connectivity index is 2.54. The van der Waals surface area contributed by atoms with Crippen molar-refractivity contribution in [1.29, 1.82) is 0 Å². The van der Waals surface area contributed by atoms with Gasteiger partial charge in [-0.3, -0.25) is 0 Å². The molecule has 21 heavy (non-hydrogen) atoms. The van der Waals surface area contributed by atoms with Gasteiger partial charge in [-0.25, -0.2) is 9.59 Å². The average molecular weight is 282 g/mol. The van der Waals surface area contributed by atoms with E-state index in [4.69, 9.17) is 8.83 Å². The van der Waals surface area contributed by atoms with E-state index in [0.29, 0.717) is 27.3 Å². The molecule has 0 amide bonds. The van der Waals surface area contributed by atoms with Crippen LogP contribution < -0.4 is 16.5 Å². The third kappa shape index (κ3) is 1.30. The molecule has 3 aromatic rings. The van der Waals surface area contributed by atoms with Crippen molar-refractivity contribution in [3.05, 3.63) is 56.6 Å². The van der Waals surface area contributed by atoms with Crippen molar-refractivity contribution in [2.75, 3.05) is 0 Å². The Morgan fingerprint density at radius 1 is 1.14 bits per heavy atom. The first kappa shape index (κ1) is 12.0. The maximum atomic E-state index is 12.2. The molecule has 1 aromatic carbocycles. The number of aliphatic hydroxyl groups excluding tert-OH is 1. The number of benzene rings is 1. The number of rotatable bonds is 0. The lowest BCUT2D eigenvalue weighted by molar-refractivity contribution is 0.443. The van der Waals surface area contributed by atoms with Gasteiger partial charge >= 0.3 is 11.3 Å². The third-order valence-corrected chi connectivity index (χ3v) is 4.06. The van der Waals surface area contributed by atoms with Crippen LogP contribution >= 0.6 is 0 Å². The van der Waals surface area contributed by atoms with Crippen LogP contribution in [0.1, 0.15) is 12.7 Å². The topological polar surface area (TPSA) is 80.7 Å². The Bertz CT molecular complexity index is 1110. The summed E-state index contributed by atoms with van der Waals surface area (Å²) in [5.41, 5.74) is -0.408. The van der Waals surface area contributed by atoms with Gasteiger partial charge in [-0.15, -0.1) is 0 Å². The third-order valence-electron chi connectivity index (χ3n) is 4.06.